The summed E-state index contributed by atoms with van der Waals surface area (Å²) < 4.78 is 7.15. The van der Waals surface area contributed by atoms with Crippen LogP contribution in [0.1, 0.15) is 17.7 Å². The first-order valence-corrected chi connectivity index (χ1v) is 7.30. The quantitative estimate of drug-likeness (QED) is 0.781. The van der Waals surface area contributed by atoms with Gasteiger partial charge in [-0.25, -0.2) is 0 Å². The molecule has 3 aromatic rings. The molecule has 0 atom stereocenters. The van der Waals surface area contributed by atoms with E-state index in [9.17, 15) is 4.79 Å². The van der Waals surface area contributed by atoms with Crippen LogP contribution in [0.5, 0.6) is 0 Å². The molecular weight excluding hydrogens is 294 g/mol. The zero-order chi connectivity index (χ0) is 16.2. The highest BCUT2D eigenvalue weighted by Crippen LogP contribution is 2.19. The maximum atomic E-state index is 11.9. The zero-order valence-electron chi connectivity index (χ0n) is 13.0. The molecule has 1 N–H and O–H groups in total. The van der Waals surface area contributed by atoms with Crippen LogP contribution < -0.4 is 5.32 Å². The first-order chi connectivity index (χ1) is 11.1. The van der Waals surface area contributed by atoms with Crippen molar-refractivity contribution in [2.75, 3.05) is 5.32 Å². The average Bonchev–Trinajstić information content (AvgIpc) is 3.14. The van der Waals surface area contributed by atoms with E-state index in [4.69, 9.17) is 4.42 Å². The molecule has 0 aliphatic carbocycles. The van der Waals surface area contributed by atoms with E-state index in [1.165, 1.54) is 0 Å². The fourth-order valence-electron chi connectivity index (χ4n) is 2.13. The van der Waals surface area contributed by atoms with Crippen LogP contribution in [-0.2, 0) is 18.3 Å². The highest BCUT2D eigenvalue weighted by molar-refractivity contribution is 5.88. The van der Waals surface area contributed by atoms with Gasteiger partial charge >= 0.3 is 6.01 Å². The van der Waals surface area contributed by atoms with E-state index >= 15 is 0 Å². The molecule has 1 aromatic carbocycles. The van der Waals surface area contributed by atoms with Gasteiger partial charge in [0.1, 0.15) is 5.69 Å². The molecule has 23 heavy (non-hydrogen) atoms. The van der Waals surface area contributed by atoms with E-state index < -0.39 is 0 Å². The van der Waals surface area contributed by atoms with Gasteiger partial charge in [-0.1, -0.05) is 35.4 Å². The van der Waals surface area contributed by atoms with Crippen molar-refractivity contribution in [3.8, 4) is 11.6 Å². The van der Waals surface area contributed by atoms with Gasteiger partial charge in [-0.05, 0) is 25.0 Å². The maximum absolute atomic E-state index is 11.9. The van der Waals surface area contributed by atoms with Gasteiger partial charge in [-0.2, -0.15) is 5.10 Å². The number of rotatable bonds is 5. The Morgan fingerprint density at radius 2 is 2.04 bits per heavy atom. The van der Waals surface area contributed by atoms with Gasteiger partial charge in [0.05, 0.1) is 0 Å². The molecule has 0 aliphatic heterocycles. The van der Waals surface area contributed by atoms with Crippen molar-refractivity contribution in [1.82, 2.24) is 20.0 Å². The summed E-state index contributed by atoms with van der Waals surface area (Å²) >= 11 is 0. The summed E-state index contributed by atoms with van der Waals surface area (Å²) in [4.78, 5) is 11.9. The van der Waals surface area contributed by atoms with Crippen LogP contribution in [0.2, 0.25) is 0 Å². The number of hydrogen-bond donors (Lipinski definition) is 1. The van der Waals surface area contributed by atoms with Crippen LogP contribution in [0.15, 0.2) is 40.8 Å². The number of benzene rings is 1. The minimum absolute atomic E-state index is 0.0846. The smallest absolute Gasteiger partial charge is 0.322 e. The summed E-state index contributed by atoms with van der Waals surface area (Å²) in [6, 6.07) is 11.8. The third kappa shape index (κ3) is 3.63. The predicted octanol–water partition coefficient (Wildman–Crippen LogP) is 2.35. The van der Waals surface area contributed by atoms with Crippen LogP contribution >= 0.6 is 0 Å². The SMILES string of the molecule is Cc1cc(-c2nnc(NC(=O)CCc3ccccc3)o2)nn1C. The number of nitrogens with zero attached hydrogens (tertiary/aromatic N) is 4. The molecule has 1 amide bonds. The van der Waals surface area contributed by atoms with Crippen LogP contribution in [-0.4, -0.2) is 25.9 Å². The second-order valence-corrected chi connectivity index (χ2v) is 5.24. The van der Waals surface area contributed by atoms with Gasteiger partial charge in [0, 0.05) is 19.2 Å². The number of nitrogens with one attached hydrogen (secondary N) is 1. The van der Waals surface area contributed by atoms with Gasteiger partial charge in [0.15, 0.2) is 0 Å². The number of carbonyl (C=O) groups excluding carboxylic acids is 1. The maximum Gasteiger partial charge on any atom is 0.322 e. The summed E-state index contributed by atoms with van der Waals surface area (Å²) in [5.41, 5.74) is 2.67. The fourth-order valence-corrected chi connectivity index (χ4v) is 2.13. The van der Waals surface area contributed by atoms with Crippen molar-refractivity contribution >= 4 is 11.9 Å². The Bertz CT molecular complexity index is 788. The van der Waals surface area contributed by atoms with E-state index in [1.54, 1.807) is 4.68 Å². The van der Waals surface area contributed by atoms with E-state index in [0.29, 0.717) is 18.5 Å². The predicted molar refractivity (Wildman–Crippen MR) is 84.6 cm³/mol. The summed E-state index contributed by atoms with van der Waals surface area (Å²) in [5, 5.41) is 14.6. The minimum Gasteiger partial charge on any atom is -0.401 e. The molecule has 7 nitrogen and oxygen atoms in total. The van der Waals surface area contributed by atoms with Crippen LogP contribution in [0.25, 0.3) is 11.6 Å². The van der Waals surface area contributed by atoms with Crippen LogP contribution in [0.4, 0.5) is 6.01 Å². The van der Waals surface area contributed by atoms with E-state index in [1.807, 2.05) is 50.4 Å². The lowest BCUT2D eigenvalue weighted by molar-refractivity contribution is -0.116. The lowest BCUT2D eigenvalue weighted by Crippen LogP contribution is -2.12. The van der Waals surface area contributed by atoms with Crippen molar-refractivity contribution in [1.29, 1.82) is 0 Å². The number of anilines is 1. The summed E-state index contributed by atoms with van der Waals surface area (Å²) in [5.74, 6) is 0.119. The lowest BCUT2D eigenvalue weighted by Gasteiger charge is -2.00. The molecule has 3 rings (SSSR count). The zero-order valence-corrected chi connectivity index (χ0v) is 13.0. The van der Waals surface area contributed by atoms with Gasteiger partial charge in [0.2, 0.25) is 5.91 Å². The monoisotopic (exact) mass is 311 g/mol. The molecule has 0 fully saturated rings. The molecule has 0 radical (unpaired) electrons. The Balaban J connectivity index is 1.59. The Hall–Kier alpha value is -2.96. The van der Waals surface area contributed by atoms with Crippen LogP contribution in [0, 0.1) is 6.92 Å². The lowest BCUT2D eigenvalue weighted by atomic mass is 10.1. The van der Waals surface area contributed by atoms with Crippen LogP contribution in [0.3, 0.4) is 0 Å². The molecule has 0 spiro atoms. The molecule has 7 heteroatoms. The minimum atomic E-state index is -0.166. The number of aromatic nitrogens is 4. The van der Waals surface area contributed by atoms with Crippen molar-refractivity contribution in [2.24, 2.45) is 7.05 Å². The number of aryl methyl sites for hydroxylation is 3. The van der Waals surface area contributed by atoms with Gasteiger partial charge in [-0.15, -0.1) is 5.10 Å². The first kappa shape index (κ1) is 15.0. The van der Waals surface area contributed by atoms with Crippen molar-refractivity contribution < 1.29 is 9.21 Å². The third-order valence-electron chi connectivity index (χ3n) is 3.49. The van der Waals surface area contributed by atoms with Gasteiger partial charge < -0.3 is 4.42 Å². The molecule has 2 heterocycles. The topological polar surface area (TPSA) is 85.8 Å². The molecule has 2 aromatic heterocycles. The number of carbonyl (C=O) groups is 1. The van der Waals surface area contributed by atoms with E-state index in [2.05, 4.69) is 20.6 Å². The second-order valence-electron chi connectivity index (χ2n) is 5.24. The van der Waals surface area contributed by atoms with Gasteiger partial charge in [-0.3, -0.25) is 14.8 Å². The molecule has 0 bridgehead atoms. The summed E-state index contributed by atoms with van der Waals surface area (Å²) in [7, 11) is 1.83. The molecular formula is C16H17N5O2. The Morgan fingerprint density at radius 1 is 1.26 bits per heavy atom. The Labute approximate surface area is 133 Å². The molecule has 0 saturated carbocycles. The second kappa shape index (κ2) is 6.43. The highest BCUT2D eigenvalue weighted by atomic mass is 16.4. The fraction of sp³-hybridized carbons (Fsp3) is 0.250. The number of amides is 1. The largest absolute Gasteiger partial charge is 0.401 e. The normalized spacial score (nSPS) is 10.7. The van der Waals surface area contributed by atoms with E-state index in [0.717, 1.165) is 11.3 Å². The summed E-state index contributed by atoms with van der Waals surface area (Å²) in [6.07, 6.45) is 1.01. The number of hydrogen-bond acceptors (Lipinski definition) is 5. The Kier molecular flexibility index (Phi) is 4.18. The first-order valence-electron chi connectivity index (χ1n) is 7.30. The molecule has 0 unspecified atom stereocenters. The van der Waals surface area contributed by atoms with Crippen molar-refractivity contribution in [3.63, 3.8) is 0 Å². The third-order valence-corrected chi connectivity index (χ3v) is 3.49. The molecule has 0 aliphatic rings. The average molecular weight is 311 g/mol. The summed E-state index contributed by atoms with van der Waals surface area (Å²) in [6.45, 7) is 1.93. The standard InChI is InChI=1S/C16H17N5O2/c1-11-10-13(20-21(11)2)15-18-19-16(23-15)17-14(22)9-8-12-6-4-3-5-7-12/h3-7,10H,8-9H2,1-2H3,(H,17,19,22). The van der Waals surface area contributed by atoms with Crippen molar-refractivity contribution in [2.45, 2.75) is 19.8 Å². The molecule has 0 saturated heterocycles. The Morgan fingerprint density at radius 3 is 2.74 bits per heavy atom. The van der Waals surface area contributed by atoms with E-state index in [-0.39, 0.29) is 17.8 Å². The molecule has 118 valence electrons. The van der Waals surface area contributed by atoms with Crippen molar-refractivity contribution in [3.05, 3.63) is 47.7 Å². The highest BCUT2D eigenvalue weighted by Gasteiger charge is 2.14. The van der Waals surface area contributed by atoms with Gasteiger partial charge in [0.25, 0.3) is 5.89 Å².